The van der Waals surface area contributed by atoms with Crippen LogP contribution in [0.5, 0.6) is 0 Å². The predicted molar refractivity (Wildman–Crippen MR) is 80.5 cm³/mol. The Labute approximate surface area is 124 Å². The summed E-state index contributed by atoms with van der Waals surface area (Å²) in [5.74, 6) is 0.755. The molecule has 0 fully saturated rings. The summed E-state index contributed by atoms with van der Waals surface area (Å²) in [6.07, 6.45) is 5.27. The van der Waals surface area contributed by atoms with E-state index < -0.39 is 0 Å². The van der Waals surface area contributed by atoms with Gasteiger partial charge in [0.1, 0.15) is 5.82 Å². The normalized spacial score (nSPS) is 12.4. The van der Waals surface area contributed by atoms with E-state index in [-0.39, 0.29) is 11.9 Å². The lowest BCUT2D eigenvalue weighted by Crippen LogP contribution is -2.36. The van der Waals surface area contributed by atoms with Crippen LogP contribution in [0.4, 0.5) is 0 Å². The summed E-state index contributed by atoms with van der Waals surface area (Å²) in [4.78, 5) is 25.3. The first kappa shape index (κ1) is 15.2. The number of likely N-dealkylation sites (N-methyl/N-ethyl adjacent to an activating group) is 1. The maximum atomic E-state index is 12.0. The van der Waals surface area contributed by atoms with Crippen LogP contribution < -0.4 is 5.32 Å². The van der Waals surface area contributed by atoms with Crippen LogP contribution in [0.3, 0.4) is 0 Å². The van der Waals surface area contributed by atoms with Gasteiger partial charge in [0, 0.05) is 30.8 Å². The van der Waals surface area contributed by atoms with Crippen LogP contribution >= 0.6 is 0 Å². The number of pyridine rings is 1. The summed E-state index contributed by atoms with van der Waals surface area (Å²) in [6.45, 7) is 4.91. The maximum Gasteiger partial charge on any atom is 0.234 e. The van der Waals surface area contributed by atoms with Crippen molar-refractivity contribution in [1.82, 2.24) is 25.2 Å². The molecule has 0 saturated carbocycles. The molecule has 1 atom stereocenters. The van der Waals surface area contributed by atoms with Crippen LogP contribution in [0.15, 0.2) is 30.7 Å². The predicted octanol–water partition coefficient (Wildman–Crippen LogP) is 1.42. The van der Waals surface area contributed by atoms with E-state index in [0.29, 0.717) is 13.1 Å². The molecule has 0 aliphatic heterocycles. The molecule has 2 rings (SSSR count). The lowest BCUT2D eigenvalue weighted by atomic mass is 10.2. The molecular formula is C15H21N5O. The zero-order chi connectivity index (χ0) is 15.2. The molecule has 6 nitrogen and oxygen atoms in total. The Balaban J connectivity index is 1.81. The molecule has 0 aromatic carbocycles. The van der Waals surface area contributed by atoms with E-state index in [4.69, 9.17) is 0 Å². The Morgan fingerprint density at radius 2 is 2.14 bits per heavy atom. The average Bonchev–Trinajstić information content (AvgIpc) is 2.86. The molecular weight excluding hydrogens is 266 g/mol. The van der Waals surface area contributed by atoms with Crippen molar-refractivity contribution in [1.29, 1.82) is 0 Å². The van der Waals surface area contributed by atoms with Crippen molar-refractivity contribution in [2.45, 2.75) is 26.4 Å². The highest BCUT2D eigenvalue weighted by Crippen LogP contribution is 2.07. The third kappa shape index (κ3) is 4.68. The van der Waals surface area contributed by atoms with Crippen LogP contribution in [0, 0.1) is 6.92 Å². The molecule has 2 aromatic heterocycles. The van der Waals surface area contributed by atoms with E-state index in [1.165, 1.54) is 0 Å². The summed E-state index contributed by atoms with van der Waals surface area (Å²) >= 11 is 0. The van der Waals surface area contributed by atoms with E-state index >= 15 is 0 Å². The zero-order valence-electron chi connectivity index (χ0n) is 12.6. The summed E-state index contributed by atoms with van der Waals surface area (Å²) in [5, 5.41) is 2.94. The van der Waals surface area contributed by atoms with Crippen molar-refractivity contribution in [3.05, 3.63) is 47.8 Å². The standard InChI is InChI=1S/C15H21N5O/c1-11-8-17-15(18-11)12(2)19-14(21)10-20(3)9-13-4-6-16-7-5-13/h4-8,12H,9-10H2,1-3H3,(H,17,18)(H,19,21)/t12-/m1/s1. The molecule has 2 aromatic rings. The SMILES string of the molecule is Cc1cnc([C@@H](C)NC(=O)CN(C)Cc2ccncc2)[nH]1. The number of amides is 1. The van der Waals surface area contributed by atoms with Gasteiger partial charge in [-0.3, -0.25) is 14.7 Å². The first-order valence-corrected chi connectivity index (χ1v) is 6.93. The van der Waals surface area contributed by atoms with Crippen LogP contribution in [-0.2, 0) is 11.3 Å². The van der Waals surface area contributed by atoms with Crippen molar-refractivity contribution >= 4 is 5.91 Å². The topological polar surface area (TPSA) is 73.9 Å². The number of hydrogen-bond acceptors (Lipinski definition) is 4. The van der Waals surface area contributed by atoms with Gasteiger partial charge < -0.3 is 10.3 Å². The molecule has 2 heterocycles. The first-order valence-electron chi connectivity index (χ1n) is 6.93. The first-order chi connectivity index (χ1) is 10.0. The second-order valence-electron chi connectivity index (χ2n) is 5.27. The number of H-pyrrole nitrogens is 1. The van der Waals surface area contributed by atoms with Gasteiger partial charge in [0.05, 0.1) is 12.6 Å². The Hall–Kier alpha value is -2.21. The summed E-state index contributed by atoms with van der Waals surface area (Å²) in [7, 11) is 1.92. The highest BCUT2D eigenvalue weighted by atomic mass is 16.2. The molecule has 6 heteroatoms. The third-order valence-corrected chi connectivity index (χ3v) is 3.13. The molecule has 0 unspecified atom stereocenters. The molecule has 0 aliphatic rings. The minimum atomic E-state index is -0.125. The fourth-order valence-corrected chi connectivity index (χ4v) is 2.11. The fourth-order valence-electron chi connectivity index (χ4n) is 2.11. The zero-order valence-corrected chi connectivity index (χ0v) is 12.6. The van der Waals surface area contributed by atoms with Crippen molar-refractivity contribution in [3.8, 4) is 0 Å². The summed E-state index contributed by atoms with van der Waals surface area (Å²) < 4.78 is 0. The number of carbonyl (C=O) groups excluding carboxylic acids is 1. The third-order valence-electron chi connectivity index (χ3n) is 3.13. The highest BCUT2D eigenvalue weighted by Gasteiger charge is 2.13. The highest BCUT2D eigenvalue weighted by molar-refractivity contribution is 5.78. The molecule has 2 N–H and O–H groups in total. The summed E-state index contributed by atoms with van der Waals surface area (Å²) in [6, 6.07) is 3.77. The number of nitrogens with zero attached hydrogens (tertiary/aromatic N) is 3. The molecule has 112 valence electrons. The number of aromatic amines is 1. The van der Waals surface area contributed by atoms with Crippen LogP contribution in [0.2, 0.25) is 0 Å². The Kier molecular flexibility index (Phi) is 5.05. The van der Waals surface area contributed by atoms with Crippen LogP contribution in [0.1, 0.15) is 30.0 Å². The molecule has 0 radical (unpaired) electrons. The van der Waals surface area contributed by atoms with E-state index in [2.05, 4.69) is 20.3 Å². The van der Waals surface area contributed by atoms with Gasteiger partial charge >= 0.3 is 0 Å². The van der Waals surface area contributed by atoms with Gasteiger partial charge in [-0.05, 0) is 38.6 Å². The Bertz CT molecular complexity index is 581. The van der Waals surface area contributed by atoms with Crippen molar-refractivity contribution in [2.24, 2.45) is 0 Å². The molecule has 0 aliphatic carbocycles. The van der Waals surface area contributed by atoms with Gasteiger partial charge in [-0.1, -0.05) is 0 Å². The van der Waals surface area contributed by atoms with E-state index in [1.807, 2.05) is 37.9 Å². The van der Waals surface area contributed by atoms with Gasteiger partial charge in [-0.25, -0.2) is 4.98 Å². The maximum absolute atomic E-state index is 12.0. The van der Waals surface area contributed by atoms with Crippen molar-refractivity contribution < 1.29 is 4.79 Å². The fraction of sp³-hybridized carbons (Fsp3) is 0.400. The van der Waals surface area contributed by atoms with Gasteiger partial charge in [-0.15, -0.1) is 0 Å². The number of imidazole rings is 1. The second-order valence-corrected chi connectivity index (χ2v) is 5.27. The molecule has 1 amide bonds. The number of aromatic nitrogens is 3. The lowest BCUT2D eigenvalue weighted by Gasteiger charge is -2.18. The quantitative estimate of drug-likeness (QED) is 0.842. The smallest absolute Gasteiger partial charge is 0.234 e. The summed E-state index contributed by atoms with van der Waals surface area (Å²) in [5.41, 5.74) is 2.12. The number of hydrogen-bond donors (Lipinski definition) is 2. The largest absolute Gasteiger partial charge is 0.345 e. The van der Waals surface area contributed by atoms with Gasteiger partial charge in [0.15, 0.2) is 0 Å². The van der Waals surface area contributed by atoms with Crippen molar-refractivity contribution in [2.75, 3.05) is 13.6 Å². The van der Waals surface area contributed by atoms with E-state index in [9.17, 15) is 4.79 Å². The number of rotatable bonds is 6. The van der Waals surface area contributed by atoms with Gasteiger partial charge in [0.25, 0.3) is 0 Å². The molecule has 0 bridgehead atoms. The second kappa shape index (κ2) is 6.99. The van der Waals surface area contributed by atoms with E-state index in [1.54, 1.807) is 18.6 Å². The molecule has 0 spiro atoms. The lowest BCUT2D eigenvalue weighted by molar-refractivity contribution is -0.122. The van der Waals surface area contributed by atoms with Crippen molar-refractivity contribution in [3.63, 3.8) is 0 Å². The average molecular weight is 287 g/mol. The Morgan fingerprint density at radius 1 is 1.43 bits per heavy atom. The minimum absolute atomic E-state index is 0.0203. The van der Waals surface area contributed by atoms with Gasteiger partial charge in [-0.2, -0.15) is 0 Å². The number of aryl methyl sites for hydroxylation is 1. The van der Waals surface area contributed by atoms with Crippen LogP contribution in [-0.4, -0.2) is 39.4 Å². The number of carbonyl (C=O) groups is 1. The number of nitrogens with one attached hydrogen (secondary N) is 2. The van der Waals surface area contributed by atoms with Crippen LogP contribution in [0.25, 0.3) is 0 Å². The van der Waals surface area contributed by atoms with Gasteiger partial charge in [0.2, 0.25) is 5.91 Å². The van der Waals surface area contributed by atoms with E-state index in [0.717, 1.165) is 17.1 Å². The molecule has 0 saturated heterocycles. The minimum Gasteiger partial charge on any atom is -0.345 e. The Morgan fingerprint density at radius 3 is 2.76 bits per heavy atom. The monoisotopic (exact) mass is 287 g/mol. The molecule has 21 heavy (non-hydrogen) atoms.